The van der Waals surface area contributed by atoms with Crippen molar-refractivity contribution >= 4 is 5.78 Å². The van der Waals surface area contributed by atoms with Gasteiger partial charge < -0.3 is 20.4 Å². The number of carbonyl (C=O) groups is 1. The van der Waals surface area contributed by atoms with E-state index in [1.807, 2.05) is 72.8 Å². The molecule has 4 N–H and O–H groups in total. The normalized spacial score (nSPS) is 26.2. The van der Waals surface area contributed by atoms with Crippen LogP contribution in [0.2, 0.25) is 0 Å². The lowest BCUT2D eigenvalue weighted by Gasteiger charge is -2.46. The van der Waals surface area contributed by atoms with Crippen LogP contribution >= 0.6 is 0 Å². The number of ketones is 1. The Labute approximate surface area is 268 Å². The van der Waals surface area contributed by atoms with Crippen molar-refractivity contribution in [2.45, 2.75) is 89.1 Å². The summed E-state index contributed by atoms with van der Waals surface area (Å²) >= 11 is 0. The number of aliphatic hydroxyl groups is 4. The Morgan fingerprint density at radius 1 is 1.00 bits per heavy atom. The molecule has 240 valence electrons. The molecular weight excluding hydrogens is 562 g/mol. The third-order valence-electron chi connectivity index (χ3n) is 10.4. The van der Waals surface area contributed by atoms with Gasteiger partial charge in [-0.05, 0) is 80.5 Å². The number of aliphatic hydroxyl groups excluding tert-OH is 3. The van der Waals surface area contributed by atoms with Crippen LogP contribution in [0.1, 0.15) is 90.9 Å². The van der Waals surface area contributed by atoms with Crippen LogP contribution in [0, 0.1) is 5.41 Å². The Morgan fingerprint density at radius 2 is 1.71 bits per heavy atom. The number of hydrogen-bond acceptors (Lipinski definition) is 6. The van der Waals surface area contributed by atoms with Gasteiger partial charge in [-0.2, -0.15) is 0 Å². The van der Waals surface area contributed by atoms with Crippen molar-refractivity contribution in [2.24, 2.45) is 5.41 Å². The number of hydrogen-bond donors (Lipinski definition) is 4. The molecule has 3 aromatic rings. The summed E-state index contributed by atoms with van der Waals surface area (Å²) in [6.07, 6.45) is 5.52. The van der Waals surface area contributed by atoms with E-state index in [-0.39, 0.29) is 24.9 Å². The Kier molecular flexibility index (Phi) is 10.7. The first-order valence-corrected chi connectivity index (χ1v) is 16.5. The summed E-state index contributed by atoms with van der Waals surface area (Å²) in [4.78, 5) is 16.2. The van der Waals surface area contributed by atoms with Gasteiger partial charge in [-0.25, -0.2) is 0 Å². The highest BCUT2D eigenvalue weighted by molar-refractivity contribution is 6.10. The first kappa shape index (κ1) is 33.2. The Hall–Kier alpha value is -3.13. The largest absolute Gasteiger partial charge is 0.394 e. The number of rotatable bonds is 9. The molecule has 5 atom stereocenters. The second-order valence-corrected chi connectivity index (χ2v) is 13.6. The third kappa shape index (κ3) is 7.65. The lowest BCUT2D eigenvalue weighted by Crippen LogP contribution is -2.53. The predicted octanol–water partition coefficient (Wildman–Crippen LogP) is 5.81. The van der Waals surface area contributed by atoms with Gasteiger partial charge in [0.1, 0.15) is 0 Å². The second kappa shape index (κ2) is 14.5. The summed E-state index contributed by atoms with van der Waals surface area (Å²) in [5.74, 6) is -0.124. The van der Waals surface area contributed by atoms with Gasteiger partial charge in [-0.1, -0.05) is 91.4 Å². The zero-order valence-corrected chi connectivity index (χ0v) is 26.7. The van der Waals surface area contributed by atoms with E-state index in [0.29, 0.717) is 49.9 Å². The van der Waals surface area contributed by atoms with Gasteiger partial charge in [0.25, 0.3) is 0 Å². The average Bonchev–Trinajstić information content (AvgIpc) is 3.29. The molecule has 6 rings (SSSR count). The van der Waals surface area contributed by atoms with E-state index in [4.69, 9.17) is 0 Å². The van der Waals surface area contributed by atoms with Crippen molar-refractivity contribution in [3.8, 4) is 0 Å². The number of nitrogens with zero attached hydrogens (tertiary/aromatic N) is 1. The second-order valence-electron chi connectivity index (χ2n) is 13.6. The first-order valence-electron chi connectivity index (χ1n) is 16.5. The number of carbonyl (C=O) groups excluding carboxylic acids is 1. The molecule has 0 heterocycles. The Balaban J connectivity index is 1.58. The van der Waals surface area contributed by atoms with Gasteiger partial charge in [0.2, 0.25) is 0 Å². The standard InChI is InChI=1S/C39H49NO5/c1-28-10-9-20-38(2)36(19-21-39(38,45)27-40(25-33(43)26-41)24-29-11-5-3-6-12-29)34-18-16-30(22-32(42)17-15-28)23-35(34)37(44)31-13-7-4-8-14-31/h3-8,10-14,16,18,23,32-33,36,41-43,45H,9,15,17,19-22,24-27H2,1-2H3. The quantitative estimate of drug-likeness (QED) is 0.180. The fourth-order valence-corrected chi connectivity index (χ4v) is 7.69. The highest BCUT2D eigenvalue weighted by atomic mass is 16.3. The molecule has 3 aromatic carbocycles. The molecule has 6 nitrogen and oxygen atoms in total. The van der Waals surface area contributed by atoms with Crippen LogP contribution in [0.25, 0.3) is 0 Å². The lowest BCUT2D eigenvalue weighted by molar-refractivity contribution is -0.0907. The van der Waals surface area contributed by atoms with Crippen molar-refractivity contribution in [2.75, 3.05) is 19.7 Å². The minimum atomic E-state index is -1.11. The summed E-state index contributed by atoms with van der Waals surface area (Å²) < 4.78 is 0. The average molecular weight is 612 g/mol. The third-order valence-corrected chi connectivity index (χ3v) is 10.4. The van der Waals surface area contributed by atoms with Gasteiger partial charge in [0.05, 0.1) is 24.4 Å². The van der Waals surface area contributed by atoms with E-state index in [9.17, 15) is 25.2 Å². The molecule has 0 saturated heterocycles. The molecule has 3 aliphatic rings. The number of benzene rings is 3. The smallest absolute Gasteiger partial charge is 0.193 e. The molecule has 5 unspecified atom stereocenters. The maximum absolute atomic E-state index is 14.1. The number of fused-ring (bicyclic) bond motifs is 8. The minimum absolute atomic E-state index is 0.0423. The van der Waals surface area contributed by atoms with E-state index in [2.05, 4.69) is 30.9 Å². The summed E-state index contributed by atoms with van der Waals surface area (Å²) in [5, 5.41) is 43.8. The molecule has 1 saturated carbocycles. The Morgan fingerprint density at radius 3 is 2.42 bits per heavy atom. The van der Waals surface area contributed by atoms with E-state index < -0.39 is 23.2 Å². The van der Waals surface area contributed by atoms with Gasteiger partial charge in [0.15, 0.2) is 5.78 Å². The fourth-order valence-electron chi connectivity index (χ4n) is 7.69. The zero-order valence-electron chi connectivity index (χ0n) is 26.7. The molecule has 3 aliphatic carbocycles. The topological polar surface area (TPSA) is 101 Å². The molecule has 0 aromatic heterocycles. The van der Waals surface area contributed by atoms with Crippen LogP contribution in [0.4, 0.5) is 0 Å². The van der Waals surface area contributed by atoms with E-state index >= 15 is 0 Å². The monoisotopic (exact) mass is 611 g/mol. The van der Waals surface area contributed by atoms with Gasteiger partial charge in [-0.3, -0.25) is 9.69 Å². The van der Waals surface area contributed by atoms with Crippen LogP contribution in [0.3, 0.4) is 0 Å². The van der Waals surface area contributed by atoms with Crippen molar-refractivity contribution in [3.63, 3.8) is 0 Å². The van der Waals surface area contributed by atoms with Crippen LogP contribution in [-0.4, -0.2) is 68.6 Å². The van der Waals surface area contributed by atoms with Crippen molar-refractivity contribution in [1.82, 2.24) is 4.90 Å². The molecule has 45 heavy (non-hydrogen) atoms. The van der Waals surface area contributed by atoms with Crippen molar-refractivity contribution in [3.05, 3.63) is 118 Å². The highest BCUT2D eigenvalue weighted by Gasteiger charge is 2.57. The van der Waals surface area contributed by atoms with Gasteiger partial charge in [0, 0.05) is 36.2 Å². The molecule has 0 amide bonds. The van der Waals surface area contributed by atoms with E-state index in [1.54, 1.807) is 0 Å². The first-order chi connectivity index (χ1) is 21.6. The maximum atomic E-state index is 14.1. The molecule has 6 heteroatoms. The van der Waals surface area contributed by atoms with Crippen LogP contribution in [-0.2, 0) is 13.0 Å². The number of allylic oxidation sites excluding steroid dienone is 2. The minimum Gasteiger partial charge on any atom is -0.394 e. The molecule has 0 aliphatic heterocycles. The molecule has 0 spiro atoms. The molecule has 2 bridgehead atoms. The summed E-state index contributed by atoms with van der Waals surface area (Å²) in [6, 6.07) is 25.4. The van der Waals surface area contributed by atoms with Gasteiger partial charge in [-0.15, -0.1) is 0 Å². The van der Waals surface area contributed by atoms with E-state index in [1.165, 1.54) is 5.57 Å². The van der Waals surface area contributed by atoms with Crippen molar-refractivity contribution in [1.29, 1.82) is 0 Å². The summed E-state index contributed by atoms with van der Waals surface area (Å²) in [6.45, 7) is 5.05. The van der Waals surface area contributed by atoms with Gasteiger partial charge >= 0.3 is 0 Å². The molecule has 1 fully saturated rings. The van der Waals surface area contributed by atoms with Crippen LogP contribution in [0.5, 0.6) is 0 Å². The highest BCUT2D eigenvalue weighted by Crippen LogP contribution is 2.59. The van der Waals surface area contributed by atoms with Crippen LogP contribution < -0.4 is 0 Å². The molecular formula is C39H49NO5. The van der Waals surface area contributed by atoms with E-state index in [0.717, 1.165) is 36.0 Å². The Bertz CT molecular complexity index is 1460. The van der Waals surface area contributed by atoms with Crippen molar-refractivity contribution < 1.29 is 25.2 Å². The SMILES string of the molecule is CC1=CCCC2(C)C(CCC2(O)CN(Cc2ccccc2)CC(O)CO)c2ccc(cc2C(=O)c2ccccc2)CC(O)CC1. The summed E-state index contributed by atoms with van der Waals surface area (Å²) in [5.41, 5.74) is 3.77. The lowest BCUT2D eigenvalue weighted by atomic mass is 9.64. The fraction of sp³-hybridized carbons (Fsp3) is 0.462. The maximum Gasteiger partial charge on any atom is 0.193 e. The summed E-state index contributed by atoms with van der Waals surface area (Å²) in [7, 11) is 0. The predicted molar refractivity (Wildman–Crippen MR) is 178 cm³/mol. The van der Waals surface area contributed by atoms with Crippen LogP contribution in [0.15, 0.2) is 90.5 Å². The zero-order chi connectivity index (χ0) is 32.0. The molecule has 0 radical (unpaired) electrons.